The van der Waals surface area contributed by atoms with Crippen molar-refractivity contribution in [1.82, 2.24) is 14.5 Å². The lowest BCUT2D eigenvalue weighted by Crippen LogP contribution is -2.35. The Morgan fingerprint density at radius 2 is 1.79 bits per heavy atom. The first-order chi connectivity index (χ1) is 15.5. The van der Waals surface area contributed by atoms with Gasteiger partial charge in [0.25, 0.3) is 10.0 Å². The van der Waals surface area contributed by atoms with Crippen LogP contribution in [0.15, 0.2) is 53.7 Å². The molecule has 0 unspecified atom stereocenters. The van der Waals surface area contributed by atoms with Gasteiger partial charge in [-0.15, -0.1) is 0 Å². The quantitative estimate of drug-likeness (QED) is 0.539. The summed E-state index contributed by atoms with van der Waals surface area (Å²) in [5.74, 6) is -0.678. The summed E-state index contributed by atoms with van der Waals surface area (Å²) in [6.45, 7) is 7.35. The second kappa shape index (κ2) is 9.42. The lowest BCUT2D eigenvalue weighted by Gasteiger charge is -2.19. The van der Waals surface area contributed by atoms with Crippen molar-refractivity contribution in [1.29, 1.82) is 5.26 Å². The van der Waals surface area contributed by atoms with Gasteiger partial charge in [0.05, 0.1) is 17.3 Å². The smallest absolute Gasteiger partial charge is 0.306 e. The molecule has 2 N–H and O–H groups in total. The van der Waals surface area contributed by atoms with Crippen molar-refractivity contribution in [2.24, 2.45) is 0 Å². The van der Waals surface area contributed by atoms with E-state index in [1.54, 1.807) is 24.3 Å². The predicted octanol–water partition coefficient (Wildman–Crippen LogP) is 4.78. The zero-order chi connectivity index (χ0) is 24.3. The maximum atomic E-state index is 14.4. The molecule has 0 atom stereocenters. The molecule has 2 aromatic carbocycles. The Morgan fingerprint density at radius 3 is 2.33 bits per heavy atom. The molecule has 0 aliphatic heterocycles. The van der Waals surface area contributed by atoms with Crippen LogP contribution in [0.5, 0.6) is 0 Å². The van der Waals surface area contributed by atoms with Gasteiger partial charge >= 0.3 is 6.03 Å². The van der Waals surface area contributed by atoms with Gasteiger partial charge in [-0.05, 0) is 61.2 Å². The first kappa shape index (κ1) is 23.9. The average molecular weight is 470 g/mol. The van der Waals surface area contributed by atoms with E-state index in [9.17, 15) is 17.6 Å². The minimum atomic E-state index is -4.22. The van der Waals surface area contributed by atoms with Crippen molar-refractivity contribution in [2.75, 3.05) is 5.32 Å². The normalized spacial score (nSPS) is 11.5. The molecule has 0 aliphatic carbocycles. The van der Waals surface area contributed by atoms with Gasteiger partial charge in [-0.25, -0.2) is 13.9 Å². The topological polar surface area (TPSA) is 117 Å². The summed E-state index contributed by atoms with van der Waals surface area (Å²) in [4.78, 5) is 12.7. The molecular weight excluding hydrogens is 445 g/mol. The highest BCUT2D eigenvalue weighted by atomic mass is 32.2. The second-order valence-electron chi connectivity index (χ2n) is 8.05. The Bertz CT molecular complexity index is 1320. The highest BCUT2D eigenvalue weighted by molar-refractivity contribution is 7.90. The van der Waals surface area contributed by atoms with Gasteiger partial charge in [0.1, 0.15) is 5.82 Å². The number of carbonyl (C=O) groups is 1. The summed E-state index contributed by atoms with van der Waals surface area (Å²) in [6.07, 6.45) is 1.51. The summed E-state index contributed by atoms with van der Waals surface area (Å²) in [5.41, 5.74) is 2.12. The van der Waals surface area contributed by atoms with Crippen LogP contribution in [0, 0.1) is 17.1 Å². The van der Waals surface area contributed by atoms with Crippen LogP contribution in [-0.4, -0.2) is 24.2 Å². The SMILES string of the molecule is CC(C)c1cc(F)cc(-c2ccc(C#N)cc2)c1NC(=O)NS(=O)(=O)c1ccn(C(C)C)n1. The van der Waals surface area contributed by atoms with Gasteiger partial charge in [-0.1, -0.05) is 26.0 Å². The molecule has 0 aliphatic rings. The molecule has 0 bridgehead atoms. The number of anilines is 1. The summed E-state index contributed by atoms with van der Waals surface area (Å²) < 4.78 is 43.1. The lowest BCUT2D eigenvalue weighted by atomic mass is 9.93. The minimum Gasteiger partial charge on any atom is -0.306 e. The monoisotopic (exact) mass is 469 g/mol. The van der Waals surface area contributed by atoms with E-state index in [0.29, 0.717) is 22.3 Å². The van der Waals surface area contributed by atoms with Crippen molar-refractivity contribution in [3.63, 3.8) is 0 Å². The largest absolute Gasteiger partial charge is 0.333 e. The fraction of sp³-hybridized carbons (Fsp3) is 0.261. The predicted molar refractivity (Wildman–Crippen MR) is 123 cm³/mol. The van der Waals surface area contributed by atoms with Gasteiger partial charge in [-0.3, -0.25) is 4.68 Å². The standard InChI is InChI=1S/C23H24FN5O3S/c1-14(2)19-11-18(24)12-20(17-7-5-16(13-25)6-8-17)22(19)26-23(30)28-33(31,32)21-9-10-29(27-21)15(3)4/h5-12,14-15H,1-4H3,(H2,26,28,30). The maximum absolute atomic E-state index is 14.4. The number of sulfonamides is 1. The van der Waals surface area contributed by atoms with Crippen LogP contribution >= 0.6 is 0 Å². The Kier molecular flexibility index (Phi) is 6.84. The molecule has 2 amide bonds. The number of hydrogen-bond donors (Lipinski definition) is 2. The number of hydrogen-bond acceptors (Lipinski definition) is 5. The molecule has 172 valence electrons. The van der Waals surface area contributed by atoms with Gasteiger partial charge in [0, 0.05) is 17.8 Å². The van der Waals surface area contributed by atoms with E-state index >= 15 is 0 Å². The van der Waals surface area contributed by atoms with E-state index in [2.05, 4.69) is 10.4 Å². The molecule has 33 heavy (non-hydrogen) atoms. The molecule has 0 spiro atoms. The number of nitriles is 1. The van der Waals surface area contributed by atoms with Gasteiger partial charge in [0.2, 0.25) is 0 Å². The van der Waals surface area contributed by atoms with E-state index in [1.165, 1.54) is 29.1 Å². The zero-order valence-corrected chi connectivity index (χ0v) is 19.4. The van der Waals surface area contributed by atoms with Gasteiger partial charge in [-0.2, -0.15) is 18.8 Å². The molecule has 1 heterocycles. The van der Waals surface area contributed by atoms with E-state index < -0.39 is 21.9 Å². The Labute approximate surface area is 192 Å². The van der Waals surface area contributed by atoms with Crippen LogP contribution in [0.1, 0.15) is 50.8 Å². The van der Waals surface area contributed by atoms with Crippen LogP contribution in [0.4, 0.5) is 14.9 Å². The van der Waals surface area contributed by atoms with E-state index in [-0.39, 0.29) is 22.7 Å². The lowest BCUT2D eigenvalue weighted by molar-refractivity contribution is 0.256. The van der Waals surface area contributed by atoms with Gasteiger partial charge in [0.15, 0.2) is 5.03 Å². The van der Waals surface area contributed by atoms with Crippen LogP contribution in [0.2, 0.25) is 0 Å². The molecule has 10 heteroatoms. The Morgan fingerprint density at radius 1 is 1.12 bits per heavy atom. The Hall–Kier alpha value is -3.71. The Balaban J connectivity index is 1.97. The average Bonchev–Trinajstić information content (AvgIpc) is 3.26. The highest BCUT2D eigenvalue weighted by Gasteiger charge is 2.23. The molecule has 0 saturated carbocycles. The fourth-order valence-corrected chi connectivity index (χ4v) is 4.08. The van der Waals surface area contributed by atoms with Crippen LogP contribution in [-0.2, 0) is 10.0 Å². The third-order valence-corrected chi connectivity index (χ3v) is 6.16. The summed E-state index contributed by atoms with van der Waals surface area (Å²) in [5, 5.41) is 15.3. The zero-order valence-electron chi connectivity index (χ0n) is 18.6. The number of aromatic nitrogens is 2. The van der Waals surface area contributed by atoms with Gasteiger partial charge < -0.3 is 5.32 Å². The number of carbonyl (C=O) groups excluding carboxylic acids is 1. The van der Waals surface area contributed by atoms with Crippen LogP contribution in [0.25, 0.3) is 11.1 Å². The second-order valence-corrected chi connectivity index (χ2v) is 9.68. The molecular formula is C23H24FN5O3S. The van der Waals surface area contributed by atoms with E-state index in [1.807, 2.05) is 38.5 Å². The van der Waals surface area contributed by atoms with E-state index in [0.717, 1.165) is 0 Å². The van der Waals surface area contributed by atoms with Crippen molar-refractivity contribution >= 4 is 21.7 Å². The number of benzene rings is 2. The van der Waals surface area contributed by atoms with Crippen LogP contribution < -0.4 is 10.0 Å². The summed E-state index contributed by atoms with van der Waals surface area (Å²) in [7, 11) is -4.22. The number of rotatable bonds is 6. The molecule has 0 fully saturated rings. The third kappa shape index (κ3) is 5.38. The molecule has 0 saturated heterocycles. The fourth-order valence-electron chi connectivity index (χ4n) is 3.24. The molecule has 3 aromatic rings. The van der Waals surface area contributed by atoms with Crippen molar-refractivity contribution in [3.05, 3.63) is 65.6 Å². The third-order valence-electron chi connectivity index (χ3n) is 4.93. The number of nitrogens with zero attached hydrogens (tertiary/aromatic N) is 3. The van der Waals surface area contributed by atoms with Crippen LogP contribution in [0.3, 0.4) is 0 Å². The maximum Gasteiger partial charge on any atom is 0.333 e. The minimum absolute atomic E-state index is 0.0504. The number of nitrogens with one attached hydrogen (secondary N) is 2. The molecule has 8 nitrogen and oxygen atoms in total. The highest BCUT2D eigenvalue weighted by Crippen LogP contribution is 2.36. The van der Waals surface area contributed by atoms with Crippen molar-refractivity contribution in [2.45, 2.75) is 44.7 Å². The molecule has 0 radical (unpaired) electrons. The number of amides is 2. The molecule has 1 aromatic heterocycles. The van der Waals surface area contributed by atoms with Crippen molar-refractivity contribution < 1.29 is 17.6 Å². The summed E-state index contributed by atoms with van der Waals surface area (Å²) >= 11 is 0. The van der Waals surface area contributed by atoms with E-state index in [4.69, 9.17) is 5.26 Å². The number of urea groups is 1. The molecule has 3 rings (SSSR count). The summed E-state index contributed by atoms with van der Waals surface area (Å²) in [6, 6.07) is 11.2. The first-order valence-electron chi connectivity index (χ1n) is 10.2. The number of halogens is 1. The van der Waals surface area contributed by atoms with Crippen molar-refractivity contribution in [3.8, 4) is 17.2 Å². The first-order valence-corrected chi connectivity index (χ1v) is 11.7.